The molecule has 2 atom stereocenters. The lowest BCUT2D eigenvalue weighted by Gasteiger charge is -2.19. The summed E-state index contributed by atoms with van der Waals surface area (Å²) in [5.41, 5.74) is 4.65. The summed E-state index contributed by atoms with van der Waals surface area (Å²) in [5.74, 6) is 0.740. The van der Waals surface area contributed by atoms with Gasteiger partial charge in [0, 0.05) is 0 Å². The zero-order valence-electron chi connectivity index (χ0n) is 16.0. The van der Waals surface area contributed by atoms with Gasteiger partial charge in [0.1, 0.15) is 5.76 Å². The smallest absolute Gasteiger partial charge is 0.234 e. The third kappa shape index (κ3) is 4.86. The predicted octanol–water partition coefficient (Wildman–Crippen LogP) is 4.45. The van der Waals surface area contributed by atoms with Gasteiger partial charge < -0.3 is 9.73 Å². The maximum absolute atomic E-state index is 12.5. The summed E-state index contributed by atoms with van der Waals surface area (Å²) in [4.78, 5) is 12.5. The van der Waals surface area contributed by atoms with Gasteiger partial charge in [0.2, 0.25) is 5.91 Å². The van der Waals surface area contributed by atoms with Crippen LogP contribution >= 0.6 is 0 Å². The molecule has 4 heteroatoms. The Morgan fingerprint density at radius 2 is 1.74 bits per heavy atom. The highest BCUT2D eigenvalue weighted by Gasteiger charge is 2.18. The molecule has 0 aliphatic rings. The van der Waals surface area contributed by atoms with Crippen molar-refractivity contribution in [2.24, 2.45) is 0 Å². The standard InChI is InChI=1S/C23H26N2O2/c1-16-11-12-20(14-17(16)2)18(3)25-22(26)15-24-23(21-10-7-13-27-21)19-8-5-4-6-9-19/h4-14,18,23-24H,15H2,1-3H3,(H,25,26)/t18-,23-/m0/s1. The van der Waals surface area contributed by atoms with Gasteiger partial charge in [0.15, 0.2) is 0 Å². The van der Waals surface area contributed by atoms with Crippen molar-refractivity contribution < 1.29 is 9.21 Å². The molecule has 0 aliphatic carbocycles. The van der Waals surface area contributed by atoms with Crippen molar-refractivity contribution in [2.75, 3.05) is 6.54 Å². The fourth-order valence-corrected chi connectivity index (χ4v) is 3.09. The number of benzene rings is 2. The Bertz CT molecular complexity index is 873. The summed E-state index contributed by atoms with van der Waals surface area (Å²) < 4.78 is 5.56. The third-order valence-corrected chi connectivity index (χ3v) is 4.84. The molecular weight excluding hydrogens is 336 g/mol. The van der Waals surface area contributed by atoms with E-state index in [2.05, 4.69) is 42.7 Å². The second-order valence-corrected chi connectivity index (χ2v) is 6.87. The van der Waals surface area contributed by atoms with E-state index < -0.39 is 0 Å². The molecule has 0 spiro atoms. The molecular formula is C23H26N2O2. The highest BCUT2D eigenvalue weighted by Crippen LogP contribution is 2.22. The molecule has 140 valence electrons. The molecule has 27 heavy (non-hydrogen) atoms. The van der Waals surface area contributed by atoms with Gasteiger partial charge in [-0.05, 0) is 55.2 Å². The lowest BCUT2D eigenvalue weighted by atomic mass is 10.0. The molecule has 1 aromatic heterocycles. The highest BCUT2D eigenvalue weighted by molar-refractivity contribution is 5.78. The van der Waals surface area contributed by atoms with Crippen LogP contribution in [0.4, 0.5) is 0 Å². The normalized spacial score (nSPS) is 13.1. The zero-order valence-corrected chi connectivity index (χ0v) is 16.0. The Balaban J connectivity index is 1.63. The molecule has 0 radical (unpaired) electrons. The van der Waals surface area contributed by atoms with Crippen LogP contribution in [0.1, 0.15) is 47.0 Å². The minimum absolute atomic E-state index is 0.0441. The van der Waals surface area contributed by atoms with Crippen LogP contribution in [0.5, 0.6) is 0 Å². The molecule has 0 aliphatic heterocycles. The number of hydrogen-bond donors (Lipinski definition) is 2. The molecule has 0 saturated carbocycles. The summed E-state index contributed by atoms with van der Waals surface area (Å²) in [6.07, 6.45) is 1.65. The van der Waals surface area contributed by atoms with Crippen molar-refractivity contribution in [1.29, 1.82) is 0 Å². The molecule has 4 nitrogen and oxygen atoms in total. The molecule has 2 aromatic carbocycles. The van der Waals surface area contributed by atoms with E-state index >= 15 is 0 Å². The molecule has 0 unspecified atom stereocenters. The van der Waals surface area contributed by atoms with Crippen LogP contribution in [0.3, 0.4) is 0 Å². The first-order valence-electron chi connectivity index (χ1n) is 9.23. The number of amides is 1. The average molecular weight is 362 g/mol. The number of aryl methyl sites for hydroxylation is 2. The van der Waals surface area contributed by atoms with Gasteiger partial charge in [-0.3, -0.25) is 10.1 Å². The van der Waals surface area contributed by atoms with Crippen LogP contribution in [-0.4, -0.2) is 12.5 Å². The van der Waals surface area contributed by atoms with Crippen molar-refractivity contribution in [3.05, 3.63) is 94.9 Å². The lowest BCUT2D eigenvalue weighted by molar-refractivity contribution is -0.121. The molecule has 1 heterocycles. The maximum atomic E-state index is 12.5. The molecule has 2 N–H and O–H groups in total. The molecule has 1 amide bonds. The first-order valence-corrected chi connectivity index (χ1v) is 9.23. The van der Waals surface area contributed by atoms with E-state index in [0.29, 0.717) is 0 Å². The SMILES string of the molecule is Cc1ccc([C@H](C)NC(=O)CN[C@@H](c2ccccc2)c2ccco2)cc1C. The Labute approximate surface area is 160 Å². The van der Waals surface area contributed by atoms with Gasteiger partial charge in [-0.1, -0.05) is 48.5 Å². The van der Waals surface area contributed by atoms with E-state index in [-0.39, 0.29) is 24.5 Å². The van der Waals surface area contributed by atoms with Crippen molar-refractivity contribution in [3.63, 3.8) is 0 Å². The summed E-state index contributed by atoms with van der Waals surface area (Å²) in [6, 6.07) is 19.8. The zero-order chi connectivity index (χ0) is 19.2. The van der Waals surface area contributed by atoms with Gasteiger partial charge in [0.25, 0.3) is 0 Å². The van der Waals surface area contributed by atoms with Crippen LogP contribution in [0.2, 0.25) is 0 Å². The number of furan rings is 1. The Hall–Kier alpha value is -2.85. The van der Waals surface area contributed by atoms with Crippen LogP contribution in [0, 0.1) is 13.8 Å². The van der Waals surface area contributed by atoms with Gasteiger partial charge >= 0.3 is 0 Å². The minimum atomic E-state index is -0.163. The Morgan fingerprint density at radius 3 is 2.41 bits per heavy atom. The second kappa shape index (κ2) is 8.69. The number of carbonyl (C=O) groups excluding carboxylic acids is 1. The van der Waals surface area contributed by atoms with Gasteiger partial charge in [-0.2, -0.15) is 0 Å². The van der Waals surface area contributed by atoms with Gasteiger partial charge in [0.05, 0.1) is 24.9 Å². The minimum Gasteiger partial charge on any atom is -0.467 e. The van der Waals surface area contributed by atoms with E-state index in [0.717, 1.165) is 16.9 Å². The lowest BCUT2D eigenvalue weighted by Crippen LogP contribution is -2.37. The third-order valence-electron chi connectivity index (χ3n) is 4.84. The van der Waals surface area contributed by atoms with Gasteiger partial charge in [-0.25, -0.2) is 0 Å². The van der Waals surface area contributed by atoms with Crippen molar-refractivity contribution in [2.45, 2.75) is 32.9 Å². The molecule has 3 aromatic rings. The van der Waals surface area contributed by atoms with Crippen LogP contribution in [-0.2, 0) is 4.79 Å². The topological polar surface area (TPSA) is 54.3 Å². The molecule has 3 rings (SSSR count). The number of rotatable bonds is 7. The highest BCUT2D eigenvalue weighted by atomic mass is 16.3. The van der Waals surface area contributed by atoms with Crippen LogP contribution in [0.25, 0.3) is 0 Å². The number of hydrogen-bond acceptors (Lipinski definition) is 3. The average Bonchev–Trinajstić information content (AvgIpc) is 3.19. The van der Waals surface area contributed by atoms with Crippen LogP contribution in [0.15, 0.2) is 71.3 Å². The van der Waals surface area contributed by atoms with E-state index in [1.807, 2.05) is 49.4 Å². The van der Waals surface area contributed by atoms with Crippen molar-refractivity contribution in [3.8, 4) is 0 Å². The maximum Gasteiger partial charge on any atom is 0.234 e. The summed E-state index contributed by atoms with van der Waals surface area (Å²) in [7, 11) is 0. The van der Waals surface area contributed by atoms with Crippen molar-refractivity contribution in [1.82, 2.24) is 10.6 Å². The molecule has 0 saturated heterocycles. The first-order chi connectivity index (χ1) is 13.0. The van der Waals surface area contributed by atoms with E-state index in [4.69, 9.17) is 4.42 Å². The fourth-order valence-electron chi connectivity index (χ4n) is 3.09. The largest absolute Gasteiger partial charge is 0.467 e. The fraction of sp³-hybridized carbons (Fsp3) is 0.261. The Morgan fingerprint density at radius 1 is 0.963 bits per heavy atom. The van der Waals surface area contributed by atoms with Crippen LogP contribution < -0.4 is 10.6 Å². The molecule has 0 fully saturated rings. The van der Waals surface area contributed by atoms with E-state index in [1.165, 1.54) is 11.1 Å². The number of nitrogens with one attached hydrogen (secondary N) is 2. The van der Waals surface area contributed by atoms with Crippen molar-refractivity contribution >= 4 is 5.91 Å². The van der Waals surface area contributed by atoms with E-state index in [9.17, 15) is 4.79 Å². The Kier molecular flexibility index (Phi) is 6.09. The monoisotopic (exact) mass is 362 g/mol. The first kappa shape index (κ1) is 18.9. The predicted molar refractivity (Wildman–Crippen MR) is 107 cm³/mol. The molecule has 0 bridgehead atoms. The second-order valence-electron chi connectivity index (χ2n) is 6.87. The summed E-state index contributed by atoms with van der Waals surface area (Å²) in [6.45, 7) is 6.38. The van der Waals surface area contributed by atoms with Gasteiger partial charge in [-0.15, -0.1) is 0 Å². The summed E-state index contributed by atoms with van der Waals surface area (Å²) >= 11 is 0. The quantitative estimate of drug-likeness (QED) is 0.653. The van der Waals surface area contributed by atoms with E-state index in [1.54, 1.807) is 6.26 Å². The summed E-state index contributed by atoms with van der Waals surface area (Å²) in [5, 5.41) is 6.37. The number of carbonyl (C=O) groups is 1.